The van der Waals surface area contributed by atoms with Gasteiger partial charge in [-0.25, -0.2) is 0 Å². The highest BCUT2D eigenvalue weighted by atomic mass is 127. The molecule has 0 atom stereocenters. The molecule has 0 fully saturated rings. The fraction of sp³-hybridized carbons (Fsp3) is 0.222. The van der Waals surface area contributed by atoms with Crippen LogP contribution in [0.2, 0.25) is 0 Å². The minimum Gasteiger partial charge on any atom is -0.192 e. The lowest BCUT2D eigenvalue weighted by atomic mass is 10.0. The van der Waals surface area contributed by atoms with Crippen molar-refractivity contribution in [3.8, 4) is 6.07 Å². The second kappa shape index (κ2) is 4.58. The molecule has 0 aromatic heterocycles. The van der Waals surface area contributed by atoms with Gasteiger partial charge in [0.1, 0.15) is 0 Å². The number of halogens is 5. The number of nitriles is 1. The van der Waals surface area contributed by atoms with Crippen LogP contribution in [0.25, 0.3) is 0 Å². The summed E-state index contributed by atoms with van der Waals surface area (Å²) in [6.45, 7) is 0. The Kier molecular flexibility index (Phi) is 3.84. The summed E-state index contributed by atoms with van der Waals surface area (Å²) in [5.41, 5.74) is -1.38. The predicted molar refractivity (Wildman–Crippen MR) is 58.4 cm³/mol. The van der Waals surface area contributed by atoms with Crippen molar-refractivity contribution in [2.24, 2.45) is 0 Å². The maximum Gasteiger partial charge on any atom is 0.417 e. The third-order valence-corrected chi connectivity index (χ3v) is 2.64. The molecule has 0 unspecified atom stereocenters. The van der Waals surface area contributed by atoms with E-state index in [0.29, 0.717) is 3.57 Å². The molecule has 0 aliphatic heterocycles. The molecule has 0 bridgehead atoms. The second-order valence-corrected chi connectivity index (χ2v) is 4.24. The predicted octanol–water partition coefficient (Wildman–Crippen LogP) is 3.92. The van der Waals surface area contributed by atoms with Crippen molar-refractivity contribution in [2.75, 3.05) is 0 Å². The summed E-state index contributed by atoms with van der Waals surface area (Å²) in [6.07, 6.45) is -4.54. The minimum atomic E-state index is -4.54. The van der Waals surface area contributed by atoms with Gasteiger partial charge in [-0.05, 0) is 40.3 Å². The third-order valence-electron chi connectivity index (χ3n) is 1.73. The highest BCUT2D eigenvalue weighted by Gasteiger charge is 2.36. The number of hydrogen-bond acceptors (Lipinski definition) is 1. The molecule has 0 saturated heterocycles. The molecule has 1 rings (SSSR count). The highest BCUT2D eigenvalue weighted by molar-refractivity contribution is 14.1. The van der Waals surface area contributed by atoms with Gasteiger partial charge in [0.2, 0.25) is 0 Å². The molecule has 0 heterocycles. The van der Waals surface area contributed by atoms with Crippen LogP contribution >= 0.6 is 34.2 Å². The molecule has 0 N–H and O–H groups in total. The Morgan fingerprint density at radius 2 is 2.00 bits per heavy atom. The van der Waals surface area contributed by atoms with Crippen molar-refractivity contribution in [2.45, 2.75) is 12.1 Å². The Balaban J connectivity index is 3.53. The van der Waals surface area contributed by atoms with E-state index in [1.807, 2.05) is 22.6 Å². The van der Waals surface area contributed by atoms with Crippen LogP contribution in [0.3, 0.4) is 0 Å². The maximum atomic E-state index is 12.6. The molecule has 0 radical (unpaired) electrons. The van der Waals surface area contributed by atoms with Crippen molar-refractivity contribution in [3.05, 3.63) is 32.4 Å². The van der Waals surface area contributed by atoms with E-state index in [-0.39, 0.29) is 17.0 Å². The lowest BCUT2D eigenvalue weighted by Crippen LogP contribution is -2.11. The zero-order valence-electron chi connectivity index (χ0n) is 7.20. The monoisotopic (exact) mass is 345 g/mol. The zero-order valence-corrected chi connectivity index (χ0v) is 10.1. The number of benzene rings is 1. The van der Waals surface area contributed by atoms with Gasteiger partial charge < -0.3 is 0 Å². The Morgan fingerprint density at radius 3 is 2.40 bits per heavy atom. The first-order valence-corrected chi connectivity index (χ1v) is 5.37. The SMILES string of the molecule is N#Cc1cc(I)cc(CCl)c1C(F)(F)F. The van der Waals surface area contributed by atoms with Crippen molar-refractivity contribution < 1.29 is 13.2 Å². The van der Waals surface area contributed by atoms with Gasteiger partial charge in [-0.3, -0.25) is 0 Å². The van der Waals surface area contributed by atoms with Crippen LogP contribution in [0, 0.1) is 14.9 Å². The number of hydrogen-bond donors (Lipinski definition) is 0. The largest absolute Gasteiger partial charge is 0.417 e. The van der Waals surface area contributed by atoms with Gasteiger partial charge in [0.05, 0.1) is 17.2 Å². The van der Waals surface area contributed by atoms with Crippen molar-refractivity contribution in [1.82, 2.24) is 0 Å². The molecule has 1 aromatic carbocycles. The van der Waals surface area contributed by atoms with E-state index in [4.69, 9.17) is 16.9 Å². The summed E-state index contributed by atoms with van der Waals surface area (Å²) in [7, 11) is 0. The summed E-state index contributed by atoms with van der Waals surface area (Å²) in [6, 6.07) is 4.06. The Hall–Kier alpha value is -0.480. The average molecular weight is 345 g/mol. The van der Waals surface area contributed by atoms with E-state index in [0.717, 1.165) is 0 Å². The van der Waals surface area contributed by atoms with Crippen LogP contribution in [-0.2, 0) is 12.1 Å². The molecular weight excluding hydrogens is 341 g/mol. The fourth-order valence-corrected chi connectivity index (χ4v) is 2.09. The van der Waals surface area contributed by atoms with Crippen LogP contribution in [0.1, 0.15) is 16.7 Å². The minimum absolute atomic E-state index is 0.0624. The number of rotatable bonds is 1. The highest BCUT2D eigenvalue weighted by Crippen LogP contribution is 2.36. The lowest BCUT2D eigenvalue weighted by Gasteiger charge is -2.13. The first-order valence-electron chi connectivity index (χ1n) is 3.76. The normalized spacial score (nSPS) is 11.2. The van der Waals surface area contributed by atoms with Crippen LogP contribution in [-0.4, -0.2) is 0 Å². The van der Waals surface area contributed by atoms with Gasteiger partial charge in [0.15, 0.2) is 0 Å². The molecule has 1 nitrogen and oxygen atoms in total. The molecular formula is C9H4ClF3IN. The zero-order chi connectivity index (χ0) is 11.6. The van der Waals surface area contributed by atoms with Gasteiger partial charge in [-0.1, -0.05) is 0 Å². The molecule has 0 spiro atoms. The van der Waals surface area contributed by atoms with E-state index in [9.17, 15) is 13.2 Å². The van der Waals surface area contributed by atoms with E-state index in [1.165, 1.54) is 18.2 Å². The smallest absolute Gasteiger partial charge is 0.192 e. The average Bonchev–Trinajstić information content (AvgIpc) is 2.14. The van der Waals surface area contributed by atoms with E-state index < -0.39 is 11.7 Å². The Morgan fingerprint density at radius 1 is 1.40 bits per heavy atom. The lowest BCUT2D eigenvalue weighted by molar-refractivity contribution is -0.138. The van der Waals surface area contributed by atoms with Gasteiger partial charge in [-0.2, -0.15) is 18.4 Å². The first kappa shape index (κ1) is 12.6. The number of alkyl halides is 4. The Labute approximate surface area is 103 Å². The molecule has 0 aliphatic rings. The summed E-state index contributed by atoms with van der Waals surface area (Å²) in [5.74, 6) is -0.264. The van der Waals surface area contributed by atoms with Crippen molar-refractivity contribution in [3.63, 3.8) is 0 Å². The van der Waals surface area contributed by atoms with Crippen LogP contribution < -0.4 is 0 Å². The topological polar surface area (TPSA) is 23.8 Å². The molecule has 15 heavy (non-hydrogen) atoms. The molecule has 6 heteroatoms. The van der Waals surface area contributed by atoms with E-state index in [1.54, 1.807) is 0 Å². The maximum absolute atomic E-state index is 12.6. The van der Waals surface area contributed by atoms with Gasteiger partial charge >= 0.3 is 6.18 Å². The van der Waals surface area contributed by atoms with Gasteiger partial charge in [-0.15, -0.1) is 11.6 Å². The fourth-order valence-electron chi connectivity index (χ4n) is 1.19. The van der Waals surface area contributed by atoms with Gasteiger partial charge in [0.25, 0.3) is 0 Å². The van der Waals surface area contributed by atoms with Crippen LogP contribution in [0.15, 0.2) is 12.1 Å². The molecule has 1 aromatic rings. The van der Waals surface area contributed by atoms with Gasteiger partial charge in [0, 0.05) is 9.45 Å². The van der Waals surface area contributed by atoms with E-state index in [2.05, 4.69) is 0 Å². The van der Waals surface area contributed by atoms with Crippen molar-refractivity contribution in [1.29, 1.82) is 5.26 Å². The quantitative estimate of drug-likeness (QED) is 0.559. The van der Waals surface area contributed by atoms with Crippen LogP contribution in [0.5, 0.6) is 0 Å². The first-order chi connectivity index (χ1) is 6.90. The Bertz CT molecular complexity index is 423. The summed E-state index contributed by atoms with van der Waals surface area (Å²) >= 11 is 7.27. The standard InChI is InChI=1S/C9H4ClF3IN/c10-3-5-1-7(14)2-6(4-15)8(5)9(11,12)13/h1-2H,3H2. The van der Waals surface area contributed by atoms with Crippen LogP contribution in [0.4, 0.5) is 13.2 Å². The molecule has 0 amide bonds. The molecule has 0 saturated carbocycles. The summed E-state index contributed by atoms with van der Waals surface area (Å²) in [4.78, 5) is 0. The number of nitrogens with zero attached hydrogens (tertiary/aromatic N) is 1. The second-order valence-electron chi connectivity index (χ2n) is 2.73. The molecule has 0 aliphatic carbocycles. The molecule has 80 valence electrons. The third kappa shape index (κ3) is 2.75. The van der Waals surface area contributed by atoms with Crippen molar-refractivity contribution >= 4 is 34.2 Å². The summed E-state index contributed by atoms with van der Waals surface area (Å²) in [5, 5.41) is 8.63. The summed E-state index contributed by atoms with van der Waals surface area (Å²) < 4.78 is 38.4. The van der Waals surface area contributed by atoms with E-state index >= 15 is 0 Å².